The molecule has 15 heavy (non-hydrogen) atoms. The van der Waals surface area contributed by atoms with E-state index in [4.69, 9.17) is 11.1 Å². The van der Waals surface area contributed by atoms with Crippen molar-refractivity contribution in [2.24, 2.45) is 5.73 Å². The zero-order valence-corrected chi connectivity index (χ0v) is 10.00. The monoisotopic (exact) mass is 212 g/mol. The summed E-state index contributed by atoms with van der Waals surface area (Å²) in [6.45, 7) is 3.47. The van der Waals surface area contributed by atoms with Crippen LogP contribution in [0.15, 0.2) is 0 Å². The fourth-order valence-electron chi connectivity index (χ4n) is 2.29. The Morgan fingerprint density at radius 3 is 2.87 bits per heavy atom. The molecule has 1 saturated heterocycles. The summed E-state index contributed by atoms with van der Waals surface area (Å²) in [4.78, 5) is 4.80. The number of hydrogen-bond donors (Lipinski definition) is 2. The highest BCUT2D eigenvalue weighted by Gasteiger charge is 2.23. The van der Waals surface area contributed by atoms with Gasteiger partial charge in [-0.3, -0.25) is 10.3 Å². The van der Waals surface area contributed by atoms with E-state index in [1.807, 2.05) is 0 Å². The van der Waals surface area contributed by atoms with Crippen LogP contribution in [-0.4, -0.2) is 55.4 Å². The van der Waals surface area contributed by atoms with E-state index in [2.05, 4.69) is 23.9 Å². The molecule has 3 N–H and O–H groups in total. The van der Waals surface area contributed by atoms with Crippen molar-refractivity contribution in [2.45, 2.75) is 31.7 Å². The predicted octanol–water partition coefficient (Wildman–Crippen LogP) is 0.729. The Balaban J connectivity index is 2.24. The Morgan fingerprint density at radius 1 is 1.53 bits per heavy atom. The molecule has 1 fully saturated rings. The third-order valence-electron chi connectivity index (χ3n) is 2.97. The van der Waals surface area contributed by atoms with Gasteiger partial charge in [-0.25, -0.2) is 0 Å². The Kier molecular flexibility index (Phi) is 5.05. The number of nitrogens with zero attached hydrogens (tertiary/aromatic N) is 2. The number of likely N-dealkylation sites (N-methyl/N-ethyl adjacent to an activating group) is 1. The van der Waals surface area contributed by atoms with Crippen LogP contribution in [0.2, 0.25) is 0 Å². The van der Waals surface area contributed by atoms with Crippen LogP contribution in [0.4, 0.5) is 0 Å². The van der Waals surface area contributed by atoms with Gasteiger partial charge >= 0.3 is 0 Å². The van der Waals surface area contributed by atoms with Crippen molar-refractivity contribution in [3.8, 4) is 0 Å². The first-order valence-electron chi connectivity index (χ1n) is 5.81. The molecule has 4 heteroatoms. The van der Waals surface area contributed by atoms with E-state index in [1.54, 1.807) is 0 Å². The summed E-state index contributed by atoms with van der Waals surface area (Å²) < 4.78 is 0. The van der Waals surface area contributed by atoms with Crippen LogP contribution < -0.4 is 5.73 Å². The molecule has 0 spiro atoms. The Morgan fingerprint density at radius 2 is 2.27 bits per heavy atom. The van der Waals surface area contributed by atoms with Gasteiger partial charge in [0.05, 0.1) is 5.84 Å². The second-order valence-corrected chi connectivity index (χ2v) is 4.72. The zero-order chi connectivity index (χ0) is 11.3. The summed E-state index contributed by atoms with van der Waals surface area (Å²) >= 11 is 0. The molecule has 1 heterocycles. The van der Waals surface area contributed by atoms with Crippen molar-refractivity contribution in [3.63, 3.8) is 0 Å². The molecule has 0 aromatic carbocycles. The molecule has 1 rings (SSSR count). The number of amidine groups is 1. The van der Waals surface area contributed by atoms with Crippen molar-refractivity contribution in [3.05, 3.63) is 0 Å². The van der Waals surface area contributed by atoms with Gasteiger partial charge < -0.3 is 10.6 Å². The molecule has 1 atom stereocenters. The number of likely N-dealkylation sites (tertiary alicyclic amines) is 1. The van der Waals surface area contributed by atoms with Crippen molar-refractivity contribution in [1.29, 1.82) is 5.41 Å². The van der Waals surface area contributed by atoms with E-state index < -0.39 is 0 Å². The highest BCUT2D eigenvalue weighted by molar-refractivity contribution is 5.76. The Labute approximate surface area is 92.9 Å². The van der Waals surface area contributed by atoms with Crippen LogP contribution in [0.5, 0.6) is 0 Å². The van der Waals surface area contributed by atoms with Gasteiger partial charge in [-0.05, 0) is 46.4 Å². The summed E-state index contributed by atoms with van der Waals surface area (Å²) in [5.74, 6) is 0.318. The maximum Gasteiger partial charge on any atom is 0.0905 e. The molecule has 88 valence electrons. The molecule has 0 radical (unpaired) electrons. The van der Waals surface area contributed by atoms with Gasteiger partial charge in [-0.15, -0.1) is 0 Å². The molecule has 0 saturated carbocycles. The number of hydrogen-bond acceptors (Lipinski definition) is 3. The van der Waals surface area contributed by atoms with Crippen LogP contribution in [0.3, 0.4) is 0 Å². The van der Waals surface area contributed by atoms with Crippen LogP contribution >= 0.6 is 0 Å². The fourth-order valence-corrected chi connectivity index (χ4v) is 2.29. The van der Waals surface area contributed by atoms with Crippen LogP contribution in [-0.2, 0) is 0 Å². The molecule has 0 bridgehead atoms. The normalized spacial score (nSPS) is 22.5. The van der Waals surface area contributed by atoms with Crippen molar-refractivity contribution in [1.82, 2.24) is 9.80 Å². The second kappa shape index (κ2) is 6.08. The van der Waals surface area contributed by atoms with Gasteiger partial charge in [0.25, 0.3) is 0 Å². The van der Waals surface area contributed by atoms with Gasteiger partial charge in [0, 0.05) is 19.0 Å². The van der Waals surface area contributed by atoms with Gasteiger partial charge in [-0.1, -0.05) is 0 Å². The SMILES string of the molecule is CN(C)CC1CCCN1CCCC(=N)N. The molecule has 0 aromatic rings. The van der Waals surface area contributed by atoms with E-state index >= 15 is 0 Å². The molecule has 1 aliphatic rings. The minimum Gasteiger partial charge on any atom is -0.388 e. The van der Waals surface area contributed by atoms with Gasteiger partial charge in [0.15, 0.2) is 0 Å². The average molecular weight is 212 g/mol. The minimum atomic E-state index is 0.318. The fraction of sp³-hybridized carbons (Fsp3) is 0.909. The maximum absolute atomic E-state index is 7.18. The quantitative estimate of drug-likeness (QED) is 0.504. The lowest BCUT2D eigenvalue weighted by atomic mass is 10.2. The molecule has 1 unspecified atom stereocenters. The molecule has 0 aromatic heterocycles. The van der Waals surface area contributed by atoms with Crippen LogP contribution in [0, 0.1) is 5.41 Å². The van der Waals surface area contributed by atoms with E-state index in [1.165, 1.54) is 19.4 Å². The number of nitrogens with one attached hydrogen (secondary N) is 1. The first-order chi connectivity index (χ1) is 7.09. The Bertz CT molecular complexity index is 203. The Hall–Kier alpha value is -0.610. The van der Waals surface area contributed by atoms with Gasteiger partial charge in [0.2, 0.25) is 0 Å². The van der Waals surface area contributed by atoms with Gasteiger partial charge in [0.1, 0.15) is 0 Å². The third-order valence-corrected chi connectivity index (χ3v) is 2.97. The first-order valence-corrected chi connectivity index (χ1v) is 5.81. The number of nitrogens with two attached hydrogens (primary N) is 1. The molecular weight excluding hydrogens is 188 g/mol. The molecule has 4 nitrogen and oxygen atoms in total. The van der Waals surface area contributed by atoms with E-state index in [-0.39, 0.29) is 0 Å². The highest BCUT2D eigenvalue weighted by Crippen LogP contribution is 2.18. The maximum atomic E-state index is 7.18. The van der Waals surface area contributed by atoms with E-state index in [0.717, 1.165) is 25.9 Å². The van der Waals surface area contributed by atoms with Crippen LogP contribution in [0.25, 0.3) is 0 Å². The summed E-state index contributed by atoms with van der Waals surface area (Å²) in [6, 6.07) is 0.715. The predicted molar refractivity (Wildman–Crippen MR) is 64.3 cm³/mol. The zero-order valence-electron chi connectivity index (χ0n) is 10.00. The number of rotatable bonds is 6. The smallest absolute Gasteiger partial charge is 0.0905 e. The topological polar surface area (TPSA) is 56.4 Å². The first kappa shape index (κ1) is 12.5. The third kappa shape index (κ3) is 4.62. The lowest BCUT2D eigenvalue weighted by Crippen LogP contribution is -2.38. The standard InChI is InChI=1S/C11H24N4/c1-14(2)9-10-5-3-7-15(10)8-4-6-11(12)13/h10H,3-9H2,1-2H3,(H3,12,13). The second-order valence-electron chi connectivity index (χ2n) is 4.72. The summed E-state index contributed by atoms with van der Waals surface area (Å²) in [7, 11) is 4.26. The lowest BCUT2D eigenvalue weighted by Gasteiger charge is -2.26. The summed E-state index contributed by atoms with van der Waals surface area (Å²) in [5.41, 5.74) is 5.35. The van der Waals surface area contributed by atoms with Crippen molar-refractivity contribution in [2.75, 3.05) is 33.7 Å². The van der Waals surface area contributed by atoms with Crippen molar-refractivity contribution >= 4 is 5.84 Å². The molecule has 1 aliphatic heterocycles. The summed E-state index contributed by atoms with van der Waals surface area (Å²) in [6.07, 6.45) is 4.40. The minimum absolute atomic E-state index is 0.318. The molecule has 0 aliphatic carbocycles. The van der Waals surface area contributed by atoms with E-state index in [9.17, 15) is 0 Å². The molecule has 0 amide bonds. The van der Waals surface area contributed by atoms with Crippen molar-refractivity contribution < 1.29 is 0 Å². The summed E-state index contributed by atoms with van der Waals surface area (Å²) in [5, 5.41) is 7.18. The van der Waals surface area contributed by atoms with Crippen LogP contribution in [0.1, 0.15) is 25.7 Å². The molecular formula is C11H24N4. The van der Waals surface area contributed by atoms with E-state index in [0.29, 0.717) is 11.9 Å². The van der Waals surface area contributed by atoms with Gasteiger partial charge in [-0.2, -0.15) is 0 Å². The average Bonchev–Trinajstić information content (AvgIpc) is 2.51. The largest absolute Gasteiger partial charge is 0.388 e. The highest BCUT2D eigenvalue weighted by atomic mass is 15.2. The lowest BCUT2D eigenvalue weighted by molar-refractivity contribution is 0.207.